The Morgan fingerprint density at radius 2 is 1.18 bits per heavy atom. The highest BCUT2D eigenvalue weighted by Crippen LogP contribution is 2.23. The molecule has 3 aromatic rings. The Morgan fingerprint density at radius 3 is 1.69 bits per heavy atom. The molecule has 0 saturated heterocycles. The zero-order valence-electron chi connectivity index (χ0n) is 19.3. The molecule has 1 atom stereocenters. The molecule has 0 fully saturated rings. The lowest BCUT2D eigenvalue weighted by Crippen LogP contribution is -2.35. The van der Waals surface area contributed by atoms with E-state index in [-0.39, 0.29) is 24.2 Å². The van der Waals surface area contributed by atoms with Gasteiger partial charge < -0.3 is 16.0 Å². The first kappa shape index (κ1) is 27.4. The van der Waals surface area contributed by atoms with Gasteiger partial charge >= 0.3 is 0 Å². The first-order valence-electron chi connectivity index (χ1n) is 11.0. The van der Waals surface area contributed by atoms with E-state index < -0.39 is 75.5 Å². The van der Waals surface area contributed by atoms with Crippen molar-refractivity contribution in [3.05, 3.63) is 118 Å². The van der Waals surface area contributed by atoms with E-state index in [9.17, 15) is 44.7 Å². The van der Waals surface area contributed by atoms with Gasteiger partial charge in [0.05, 0.1) is 17.2 Å². The van der Waals surface area contributed by atoms with Gasteiger partial charge in [0.25, 0.3) is 11.8 Å². The summed E-state index contributed by atoms with van der Waals surface area (Å²) in [6, 6.07) is 5.61. The summed E-state index contributed by atoms with van der Waals surface area (Å²) in [7, 11) is 0. The molecule has 0 radical (unpaired) electrons. The second-order valence-electron chi connectivity index (χ2n) is 8.19. The third-order valence-corrected chi connectivity index (χ3v) is 5.54. The maximum atomic E-state index is 13.8. The van der Waals surface area contributed by atoms with E-state index in [2.05, 4.69) is 16.0 Å². The van der Waals surface area contributed by atoms with Crippen molar-refractivity contribution >= 4 is 23.2 Å². The molecule has 4 rings (SSSR count). The van der Waals surface area contributed by atoms with E-state index in [0.717, 1.165) is 0 Å². The van der Waals surface area contributed by atoms with Gasteiger partial charge in [-0.05, 0) is 48.9 Å². The number of rotatable bonds is 6. The molecule has 5 nitrogen and oxygen atoms in total. The Bertz CT molecular complexity index is 1540. The minimum absolute atomic E-state index is 0.131. The van der Waals surface area contributed by atoms with Crippen molar-refractivity contribution in [1.29, 1.82) is 0 Å². The number of hydrogen-bond donors (Lipinski definition) is 3. The second kappa shape index (κ2) is 11.0. The van der Waals surface area contributed by atoms with Gasteiger partial charge in [-0.1, -0.05) is 12.2 Å². The summed E-state index contributed by atoms with van der Waals surface area (Å²) in [6.45, 7) is 0. The zero-order valence-corrected chi connectivity index (χ0v) is 19.3. The molecule has 1 aliphatic carbocycles. The van der Waals surface area contributed by atoms with Crippen LogP contribution in [-0.4, -0.2) is 17.9 Å². The van der Waals surface area contributed by atoms with Gasteiger partial charge in [0.15, 0.2) is 46.5 Å². The molecular formula is C26H15F8N3O2. The summed E-state index contributed by atoms with van der Waals surface area (Å²) >= 11 is 0. The number of amides is 2. The summed E-state index contributed by atoms with van der Waals surface area (Å²) in [5.74, 6) is -17.7. The molecular weight excluding hydrogens is 538 g/mol. The standard InChI is InChI=1S/C26H15F8N3O2/c27-17-9-15(19(29)23(33)21(17)31)25(38)36-13-5-1-11(2-6-13)35-12-3-7-14(8-4-12)37-26(39)16-10-18(28)22(32)24(34)20(16)30/h1-7,9-10,14,35H,8H2,(H,36,38)(H,37,39). The molecule has 0 saturated carbocycles. The predicted octanol–water partition coefficient (Wildman–Crippen LogP) is 6.11. The topological polar surface area (TPSA) is 70.2 Å². The van der Waals surface area contributed by atoms with E-state index in [1.165, 1.54) is 30.3 Å². The van der Waals surface area contributed by atoms with E-state index in [4.69, 9.17) is 0 Å². The summed E-state index contributed by atoms with van der Waals surface area (Å²) in [6.07, 6.45) is 4.90. The van der Waals surface area contributed by atoms with Crippen LogP contribution in [0, 0.1) is 46.5 Å². The minimum atomic E-state index is -2.11. The Morgan fingerprint density at radius 1 is 0.667 bits per heavy atom. The highest BCUT2D eigenvalue weighted by molar-refractivity contribution is 6.04. The van der Waals surface area contributed by atoms with Gasteiger partial charge in [0, 0.05) is 17.1 Å². The summed E-state index contributed by atoms with van der Waals surface area (Å²) < 4.78 is 107. The molecule has 39 heavy (non-hydrogen) atoms. The first-order valence-corrected chi connectivity index (χ1v) is 11.0. The lowest BCUT2D eigenvalue weighted by atomic mass is 10.1. The second-order valence-corrected chi connectivity index (χ2v) is 8.19. The van der Waals surface area contributed by atoms with E-state index in [0.29, 0.717) is 11.4 Å². The van der Waals surface area contributed by atoms with Gasteiger partial charge in [-0.2, -0.15) is 0 Å². The highest BCUT2D eigenvalue weighted by atomic mass is 19.2. The number of benzene rings is 3. The molecule has 3 N–H and O–H groups in total. The number of hydrogen-bond acceptors (Lipinski definition) is 3. The molecule has 2 amide bonds. The van der Waals surface area contributed by atoms with Crippen LogP contribution in [0.1, 0.15) is 27.1 Å². The number of halogens is 8. The fourth-order valence-electron chi connectivity index (χ4n) is 3.54. The van der Waals surface area contributed by atoms with E-state index in [1.54, 1.807) is 12.2 Å². The molecule has 0 aliphatic heterocycles. The Labute approximate surface area is 214 Å². The number of nitrogens with one attached hydrogen (secondary N) is 3. The van der Waals surface area contributed by atoms with Gasteiger partial charge in [-0.3, -0.25) is 9.59 Å². The average molecular weight is 553 g/mol. The monoisotopic (exact) mass is 553 g/mol. The van der Waals surface area contributed by atoms with E-state index >= 15 is 0 Å². The number of anilines is 2. The van der Waals surface area contributed by atoms with Crippen LogP contribution in [0.4, 0.5) is 46.5 Å². The van der Waals surface area contributed by atoms with Crippen molar-refractivity contribution in [2.75, 3.05) is 10.6 Å². The quantitative estimate of drug-likeness (QED) is 0.196. The van der Waals surface area contributed by atoms with Crippen molar-refractivity contribution in [1.82, 2.24) is 5.32 Å². The van der Waals surface area contributed by atoms with Crippen LogP contribution < -0.4 is 16.0 Å². The normalized spacial score (nSPS) is 14.6. The lowest BCUT2D eigenvalue weighted by Gasteiger charge is -2.19. The summed E-state index contributed by atoms with van der Waals surface area (Å²) in [5.41, 5.74) is -0.813. The predicted molar refractivity (Wildman–Crippen MR) is 124 cm³/mol. The molecule has 1 unspecified atom stereocenters. The largest absolute Gasteiger partial charge is 0.356 e. The van der Waals surface area contributed by atoms with Crippen LogP contribution in [0.15, 0.2) is 60.3 Å². The minimum Gasteiger partial charge on any atom is -0.356 e. The summed E-state index contributed by atoms with van der Waals surface area (Å²) in [4.78, 5) is 24.4. The Kier molecular flexibility index (Phi) is 7.70. The number of carbonyl (C=O) groups excluding carboxylic acids is 2. The molecule has 0 spiro atoms. The van der Waals surface area contributed by atoms with Gasteiger partial charge in [-0.15, -0.1) is 0 Å². The molecule has 0 aromatic heterocycles. The fraction of sp³-hybridized carbons (Fsp3) is 0.0769. The highest BCUT2D eigenvalue weighted by Gasteiger charge is 2.25. The maximum Gasteiger partial charge on any atom is 0.258 e. The lowest BCUT2D eigenvalue weighted by molar-refractivity contribution is 0.0937. The molecule has 0 bridgehead atoms. The van der Waals surface area contributed by atoms with Gasteiger partial charge in [0.2, 0.25) is 0 Å². The Hall–Kier alpha value is -4.68. The summed E-state index contributed by atoms with van der Waals surface area (Å²) in [5, 5.41) is 7.59. The van der Waals surface area contributed by atoms with Crippen LogP contribution in [0.5, 0.6) is 0 Å². The van der Waals surface area contributed by atoms with Crippen molar-refractivity contribution in [3.8, 4) is 0 Å². The van der Waals surface area contributed by atoms with Crippen LogP contribution >= 0.6 is 0 Å². The van der Waals surface area contributed by atoms with Gasteiger partial charge in [0.1, 0.15) is 0 Å². The third kappa shape index (κ3) is 5.76. The maximum absolute atomic E-state index is 13.8. The van der Waals surface area contributed by atoms with Crippen LogP contribution in [0.25, 0.3) is 0 Å². The number of allylic oxidation sites excluding steroid dienone is 1. The van der Waals surface area contributed by atoms with Crippen molar-refractivity contribution < 1.29 is 44.7 Å². The van der Waals surface area contributed by atoms with E-state index in [1.807, 2.05) is 0 Å². The molecule has 1 aliphatic rings. The van der Waals surface area contributed by atoms with Crippen LogP contribution in [0.2, 0.25) is 0 Å². The molecule has 3 aromatic carbocycles. The Balaban J connectivity index is 1.34. The van der Waals surface area contributed by atoms with Crippen molar-refractivity contribution in [2.45, 2.75) is 12.5 Å². The SMILES string of the molecule is O=C(Nc1ccc(NC2=CCC(NC(=O)c3cc(F)c(F)c(F)c3F)C=C2)cc1)c1cc(F)c(F)c(F)c1F. The zero-order chi connectivity index (χ0) is 28.4. The first-order chi connectivity index (χ1) is 18.5. The fourth-order valence-corrected chi connectivity index (χ4v) is 3.54. The van der Waals surface area contributed by atoms with Crippen molar-refractivity contribution in [3.63, 3.8) is 0 Å². The van der Waals surface area contributed by atoms with Crippen LogP contribution in [-0.2, 0) is 0 Å². The molecule has 13 heteroatoms. The number of carbonyl (C=O) groups is 2. The van der Waals surface area contributed by atoms with Crippen LogP contribution in [0.3, 0.4) is 0 Å². The van der Waals surface area contributed by atoms with Crippen molar-refractivity contribution in [2.24, 2.45) is 0 Å². The average Bonchev–Trinajstić information content (AvgIpc) is 2.92. The van der Waals surface area contributed by atoms with Gasteiger partial charge in [-0.25, -0.2) is 35.1 Å². The third-order valence-electron chi connectivity index (χ3n) is 5.54. The molecule has 0 heterocycles. The molecule has 202 valence electrons. The smallest absolute Gasteiger partial charge is 0.258 e.